The zero-order chi connectivity index (χ0) is 20.6. The first-order valence-corrected chi connectivity index (χ1v) is 8.92. The Bertz CT molecular complexity index is 926. The van der Waals surface area contributed by atoms with E-state index in [1.54, 1.807) is 24.3 Å². The van der Waals surface area contributed by atoms with Crippen molar-refractivity contribution in [1.29, 1.82) is 0 Å². The summed E-state index contributed by atoms with van der Waals surface area (Å²) in [5.41, 5.74) is 3.21. The quantitative estimate of drug-likeness (QED) is 0.374. The van der Waals surface area contributed by atoms with Crippen LogP contribution in [-0.4, -0.2) is 36.6 Å². The molecule has 1 saturated carbocycles. The molecule has 3 N–H and O–H groups in total. The molecule has 1 aliphatic carbocycles. The van der Waals surface area contributed by atoms with Gasteiger partial charge in [0.15, 0.2) is 6.61 Å². The molecule has 0 aliphatic heterocycles. The fraction of sp³-hybridized carbons (Fsp3) is 0.200. The molecule has 8 nitrogen and oxygen atoms in total. The van der Waals surface area contributed by atoms with Crippen LogP contribution in [0.4, 0.5) is 10.1 Å². The van der Waals surface area contributed by atoms with Gasteiger partial charge in [-0.3, -0.25) is 14.4 Å². The Morgan fingerprint density at radius 3 is 2.59 bits per heavy atom. The number of benzene rings is 2. The van der Waals surface area contributed by atoms with Crippen LogP contribution in [0, 0.1) is 5.82 Å². The fourth-order valence-corrected chi connectivity index (χ4v) is 2.26. The topological polar surface area (TPSA) is 109 Å². The van der Waals surface area contributed by atoms with E-state index >= 15 is 0 Å². The van der Waals surface area contributed by atoms with Crippen LogP contribution in [0.15, 0.2) is 53.6 Å². The first-order valence-electron chi connectivity index (χ1n) is 8.92. The van der Waals surface area contributed by atoms with Crippen LogP contribution in [0.2, 0.25) is 0 Å². The molecule has 29 heavy (non-hydrogen) atoms. The largest absolute Gasteiger partial charge is 0.484 e. The number of hydrogen-bond acceptors (Lipinski definition) is 5. The summed E-state index contributed by atoms with van der Waals surface area (Å²) in [7, 11) is 0. The highest BCUT2D eigenvalue weighted by Gasteiger charge is 2.26. The summed E-state index contributed by atoms with van der Waals surface area (Å²) in [5.74, 6) is -1.92. The van der Waals surface area contributed by atoms with Gasteiger partial charge in [-0.25, -0.2) is 9.82 Å². The molecule has 1 fully saturated rings. The van der Waals surface area contributed by atoms with Crippen LogP contribution >= 0.6 is 0 Å². The highest BCUT2D eigenvalue weighted by Crippen LogP contribution is 2.18. The molecule has 1 aliphatic rings. The van der Waals surface area contributed by atoms with Gasteiger partial charge in [0.05, 0.1) is 6.21 Å². The molecule has 0 saturated heterocycles. The molecule has 0 radical (unpaired) electrons. The minimum absolute atomic E-state index is 0.0892. The van der Waals surface area contributed by atoms with E-state index in [9.17, 15) is 18.8 Å². The number of carbonyl (C=O) groups is 3. The van der Waals surface area contributed by atoms with E-state index in [-0.39, 0.29) is 12.6 Å². The summed E-state index contributed by atoms with van der Waals surface area (Å²) < 4.78 is 18.3. The van der Waals surface area contributed by atoms with Crippen molar-refractivity contribution in [2.75, 3.05) is 11.9 Å². The number of halogens is 1. The zero-order valence-electron chi connectivity index (χ0n) is 15.4. The predicted octanol–water partition coefficient (Wildman–Crippen LogP) is 1.57. The van der Waals surface area contributed by atoms with Crippen molar-refractivity contribution >= 4 is 29.6 Å². The Morgan fingerprint density at radius 2 is 1.86 bits per heavy atom. The highest BCUT2D eigenvalue weighted by atomic mass is 19.1. The molecule has 150 valence electrons. The molecule has 0 spiro atoms. The minimum Gasteiger partial charge on any atom is -0.484 e. The average Bonchev–Trinajstić information content (AvgIpc) is 3.52. The minimum atomic E-state index is -0.835. The van der Waals surface area contributed by atoms with Crippen LogP contribution < -0.4 is 20.8 Å². The van der Waals surface area contributed by atoms with E-state index in [1.165, 1.54) is 30.5 Å². The third kappa shape index (κ3) is 6.73. The summed E-state index contributed by atoms with van der Waals surface area (Å²) in [6.07, 6.45) is 3.13. The third-order valence-electron chi connectivity index (χ3n) is 3.85. The van der Waals surface area contributed by atoms with Gasteiger partial charge < -0.3 is 15.4 Å². The Labute approximate surface area is 166 Å². The van der Waals surface area contributed by atoms with E-state index in [2.05, 4.69) is 21.2 Å². The van der Waals surface area contributed by atoms with Crippen molar-refractivity contribution in [1.82, 2.24) is 10.7 Å². The number of hydrogen-bond donors (Lipinski definition) is 3. The summed E-state index contributed by atoms with van der Waals surface area (Å²) in [4.78, 5) is 35.0. The predicted molar refractivity (Wildman–Crippen MR) is 104 cm³/mol. The number of hydrazone groups is 1. The van der Waals surface area contributed by atoms with Crippen molar-refractivity contribution in [2.24, 2.45) is 5.10 Å². The molecule has 0 unspecified atom stereocenters. The Kier molecular flexibility index (Phi) is 6.51. The lowest BCUT2D eigenvalue weighted by molar-refractivity contribution is -0.139. The maximum atomic E-state index is 12.9. The molecule has 0 bridgehead atoms. The SMILES string of the molecule is O=C(COc1cccc(/C=N\NC(=O)C(=O)NC2CC2)c1)Nc1ccc(F)cc1. The van der Waals surface area contributed by atoms with Gasteiger partial charge in [0.25, 0.3) is 5.91 Å². The second-order valence-electron chi connectivity index (χ2n) is 6.36. The summed E-state index contributed by atoms with van der Waals surface area (Å²) in [6.45, 7) is -0.240. The summed E-state index contributed by atoms with van der Waals surface area (Å²) in [5, 5.41) is 8.88. The molecular weight excluding hydrogens is 379 g/mol. The van der Waals surface area contributed by atoms with E-state index in [0.29, 0.717) is 17.0 Å². The van der Waals surface area contributed by atoms with Gasteiger partial charge >= 0.3 is 11.8 Å². The first kappa shape index (κ1) is 20.0. The maximum absolute atomic E-state index is 12.9. The molecule has 0 atom stereocenters. The third-order valence-corrected chi connectivity index (χ3v) is 3.85. The van der Waals surface area contributed by atoms with Crippen molar-refractivity contribution in [3.05, 3.63) is 59.9 Å². The lowest BCUT2D eigenvalue weighted by Crippen LogP contribution is -2.38. The van der Waals surface area contributed by atoms with Gasteiger partial charge in [0.2, 0.25) is 0 Å². The Hall–Kier alpha value is -3.75. The lowest BCUT2D eigenvalue weighted by atomic mass is 10.2. The molecule has 0 aromatic heterocycles. The van der Waals surface area contributed by atoms with Gasteiger partial charge in [-0.2, -0.15) is 5.10 Å². The summed E-state index contributed by atoms with van der Waals surface area (Å²) in [6, 6.07) is 12.1. The number of amides is 3. The molecule has 2 aromatic rings. The Morgan fingerprint density at radius 1 is 1.10 bits per heavy atom. The van der Waals surface area contributed by atoms with E-state index in [0.717, 1.165) is 12.8 Å². The molecule has 3 rings (SSSR count). The number of nitrogens with one attached hydrogen (secondary N) is 3. The zero-order valence-corrected chi connectivity index (χ0v) is 15.4. The molecule has 3 amide bonds. The van der Waals surface area contributed by atoms with Crippen LogP contribution in [-0.2, 0) is 14.4 Å². The highest BCUT2D eigenvalue weighted by molar-refractivity contribution is 6.35. The van der Waals surface area contributed by atoms with Crippen molar-refractivity contribution in [2.45, 2.75) is 18.9 Å². The van der Waals surface area contributed by atoms with E-state index in [4.69, 9.17) is 4.74 Å². The van der Waals surface area contributed by atoms with Crippen LogP contribution in [0.25, 0.3) is 0 Å². The molecule has 0 heterocycles. The lowest BCUT2D eigenvalue weighted by Gasteiger charge is -2.08. The van der Waals surface area contributed by atoms with Crippen LogP contribution in [0.5, 0.6) is 5.75 Å². The number of carbonyl (C=O) groups excluding carboxylic acids is 3. The van der Waals surface area contributed by atoms with E-state index < -0.39 is 23.5 Å². The number of ether oxygens (including phenoxy) is 1. The van der Waals surface area contributed by atoms with Crippen molar-refractivity contribution < 1.29 is 23.5 Å². The molecule has 2 aromatic carbocycles. The monoisotopic (exact) mass is 398 g/mol. The summed E-state index contributed by atoms with van der Waals surface area (Å²) >= 11 is 0. The van der Waals surface area contributed by atoms with Crippen LogP contribution in [0.1, 0.15) is 18.4 Å². The second-order valence-corrected chi connectivity index (χ2v) is 6.36. The number of nitrogens with zero attached hydrogens (tertiary/aromatic N) is 1. The second kappa shape index (κ2) is 9.45. The number of rotatable bonds is 7. The van der Waals surface area contributed by atoms with Crippen LogP contribution in [0.3, 0.4) is 0 Å². The first-order chi connectivity index (χ1) is 14.0. The van der Waals surface area contributed by atoms with Crippen molar-refractivity contribution in [3.8, 4) is 5.75 Å². The fourth-order valence-electron chi connectivity index (χ4n) is 2.26. The normalized spacial score (nSPS) is 13.0. The van der Waals surface area contributed by atoms with Gasteiger partial charge in [-0.05, 0) is 54.8 Å². The van der Waals surface area contributed by atoms with Gasteiger partial charge in [0.1, 0.15) is 11.6 Å². The van der Waals surface area contributed by atoms with E-state index in [1.807, 2.05) is 0 Å². The van der Waals surface area contributed by atoms with Gasteiger partial charge in [0, 0.05) is 11.7 Å². The standard InChI is InChI=1S/C20H19FN4O4/c21-14-4-6-15(7-5-14)23-18(26)12-29-17-3-1-2-13(10-17)11-22-25-20(28)19(27)24-16-8-9-16/h1-7,10-11,16H,8-9,12H2,(H,23,26)(H,24,27)(H,25,28)/b22-11-. The average molecular weight is 398 g/mol. The smallest absolute Gasteiger partial charge is 0.329 e. The molecule has 9 heteroatoms. The Balaban J connectivity index is 1.45. The van der Waals surface area contributed by atoms with Gasteiger partial charge in [-0.15, -0.1) is 0 Å². The van der Waals surface area contributed by atoms with Gasteiger partial charge in [-0.1, -0.05) is 12.1 Å². The molecular formula is C20H19FN4O4. The number of anilines is 1. The maximum Gasteiger partial charge on any atom is 0.329 e. The van der Waals surface area contributed by atoms with Crippen molar-refractivity contribution in [3.63, 3.8) is 0 Å².